The van der Waals surface area contributed by atoms with Gasteiger partial charge in [-0.05, 0) is 37.6 Å². The molecule has 1 fully saturated rings. The van der Waals surface area contributed by atoms with E-state index in [-0.39, 0.29) is 6.04 Å². The lowest BCUT2D eigenvalue weighted by molar-refractivity contribution is 0.0796. The molecule has 21 heavy (non-hydrogen) atoms. The molecule has 1 aliphatic heterocycles. The van der Waals surface area contributed by atoms with Gasteiger partial charge in [-0.25, -0.2) is 0 Å². The molecule has 2 atom stereocenters. The van der Waals surface area contributed by atoms with Gasteiger partial charge in [-0.2, -0.15) is 0 Å². The summed E-state index contributed by atoms with van der Waals surface area (Å²) >= 11 is 0. The minimum atomic E-state index is -0.0591. The molecule has 0 spiro atoms. The third-order valence-electron chi connectivity index (χ3n) is 3.88. The summed E-state index contributed by atoms with van der Waals surface area (Å²) in [6, 6.07) is 5.78. The van der Waals surface area contributed by atoms with Crippen LogP contribution < -0.4 is 15.2 Å². The lowest BCUT2D eigenvalue weighted by Gasteiger charge is -2.24. The molecule has 5 heteroatoms. The van der Waals surface area contributed by atoms with Gasteiger partial charge in [-0.1, -0.05) is 6.07 Å². The van der Waals surface area contributed by atoms with Crippen LogP contribution in [0.15, 0.2) is 18.2 Å². The first-order valence-electron chi connectivity index (χ1n) is 7.41. The smallest absolute Gasteiger partial charge is 0.161 e. The van der Waals surface area contributed by atoms with Gasteiger partial charge in [-0.3, -0.25) is 0 Å². The molecule has 118 valence electrons. The van der Waals surface area contributed by atoms with Crippen molar-refractivity contribution in [1.29, 1.82) is 0 Å². The molecule has 0 bridgehead atoms. The maximum absolute atomic E-state index is 6.31. The van der Waals surface area contributed by atoms with E-state index in [4.69, 9.17) is 19.9 Å². The van der Waals surface area contributed by atoms with Crippen LogP contribution in [0.3, 0.4) is 0 Å². The number of rotatable bonds is 7. The Labute approximate surface area is 127 Å². The van der Waals surface area contributed by atoms with E-state index >= 15 is 0 Å². The lowest BCUT2D eigenvalue weighted by atomic mass is 10.1. The van der Waals surface area contributed by atoms with Crippen molar-refractivity contribution in [1.82, 2.24) is 4.90 Å². The van der Waals surface area contributed by atoms with Gasteiger partial charge >= 0.3 is 0 Å². The van der Waals surface area contributed by atoms with Crippen molar-refractivity contribution in [2.24, 2.45) is 5.73 Å². The topological polar surface area (TPSA) is 57.0 Å². The molecule has 0 radical (unpaired) electrons. The van der Waals surface area contributed by atoms with Crippen LogP contribution in [-0.2, 0) is 4.74 Å². The molecule has 0 aromatic heterocycles. The Morgan fingerprint density at radius 1 is 1.33 bits per heavy atom. The number of benzene rings is 1. The Kier molecular flexibility index (Phi) is 5.85. The van der Waals surface area contributed by atoms with E-state index in [0.717, 1.165) is 37.4 Å². The van der Waals surface area contributed by atoms with E-state index in [1.807, 2.05) is 18.2 Å². The van der Waals surface area contributed by atoms with E-state index in [1.165, 1.54) is 6.42 Å². The molecule has 2 unspecified atom stereocenters. The monoisotopic (exact) mass is 294 g/mol. The first kappa shape index (κ1) is 16.1. The van der Waals surface area contributed by atoms with E-state index in [2.05, 4.69) is 11.9 Å². The molecule has 2 rings (SSSR count). The number of hydrogen-bond acceptors (Lipinski definition) is 5. The van der Waals surface area contributed by atoms with Gasteiger partial charge in [-0.15, -0.1) is 0 Å². The van der Waals surface area contributed by atoms with Crippen molar-refractivity contribution in [3.63, 3.8) is 0 Å². The third-order valence-corrected chi connectivity index (χ3v) is 3.88. The second-order valence-electron chi connectivity index (χ2n) is 5.58. The summed E-state index contributed by atoms with van der Waals surface area (Å²) in [6.07, 6.45) is 2.67. The summed E-state index contributed by atoms with van der Waals surface area (Å²) in [5.41, 5.74) is 7.35. The number of methoxy groups -OCH3 is 2. The summed E-state index contributed by atoms with van der Waals surface area (Å²) in [6.45, 7) is 2.61. The van der Waals surface area contributed by atoms with Crippen molar-refractivity contribution in [3.05, 3.63) is 23.8 Å². The maximum atomic E-state index is 6.31. The molecule has 1 heterocycles. The summed E-state index contributed by atoms with van der Waals surface area (Å²) in [5, 5.41) is 0. The zero-order chi connectivity index (χ0) is 15.2. The van der Waals surface area contributed by atoms with Crippen LogP contribution in [0.4, 0.5) is 0 Å². The Morgan fingerprint density at radius 2 is 2.10 bits per heavy atom. The quantitative estimate of drug-likeness (QED) is 0.831. The van der Waals surface area contributed by atoms with Gasteiger partial charge in [0.25, 0.3) is 0 Å². The van der Waals surface area contributed by atoms with Crippen LogP contribution in [0.25, 0.3) is 0 Å². The molecular weight excluding hydrogens is 268 g/mol. The summed E-state index contributed by atoms with van der Waals surface area (Å²) in [7, 11) is 5.35. The molecule has 1 aromatic rings. The zero-order valence-corrected chi connectivity index (χ0v) is 13.2. The molecule has 1 saturated heterocycles. The highest BCUT2D eigenvalue weighted by Crippen LogP contribution is 2.29. The highest BCUT2D eigenvalue weighted by molar-refractivity contribution is 5.43. The zero-order valence-electron chi connectivity index (χ0n) is 13.2. The molecule has 0 saturated carbocycles. The van der Waals surface area contributed by atoms with Crippen molar-refractivity contribution < 1.29 is 14.2 Å². The highest BCUT2D eigenvalue weighted by atomic mass is 16.5. The normalized spacial score (nSPS) is 19.8. The number of nitrogens with zero attached hydrogens (tertiary/aromatic N) is 1. The second-order valence-corrected chi connectivity index (χ2v) is 5.58. The van der Waals surface area contributed by atoms with Gasteiger partial charge in [0.1, 0.15) is 0 Å². The molecule has 1 aromatic carbocycles. The molecule has 1 aliphatic rings. The maximum Gasteiger partial charge on any atom is 0.161 e. The van der Waals surface area contributed by atoms with E-state index in [9.17, 15) is 0 Å². The predicted octanol–water partition coefficient (Wildman–Crippen LogP) is 1.81. The number of likely N-dealkylation sites (N-methyl/N-ethyl adjacent to an activating group) is 1. The Balaban J connectivity index is 1.93. The molecule has 5 nitrogen and oxygen atoms in total. The molecule has 2 N–H and O–H groups in total. The number of ether oxygens (including phenoxy) is 3. The average Bonchev–Trinajstić information content (AvgIpc) is 2.99. The van der Waals surface area contributed by atoms with Gasteiger partial charge in [0.15, 0.2) is 11.5 Å². The Morgan fingerprint density at radius 3 is 2.71 bits per heavy atom. The lowest BCUT2D eigenvalue weighted by Crippen LogP contribution is -2.34. The van der Waals surface area contributed by atoms with Crippen molar-refractivity contribution in [2.45, 2.75) is 25.0 Å². The third kappa shape index (κ3) is 4.33. The van der Waals surface area contributed by atoms with Crippen molar-refractivity contribution in [2.75, 3.05) is 41.0 Å². The summed E-state index contributed by atoms with van der Waals surface area (Å²) in [5.74, 6) is 1.44. The van der Waals surface area contributed by atoms with Crippen LogP contribution in [0.1, 0.15) is 24.4 Å². The predicted molar refractivity (Wildman–Crippen MR) is 82.9 cm³/mol. The number of nitrogens with two attached hydrogens (primary N) is 1. The fraction of sp³-hybridized carbons (Fsp3) is 0.625. The van der Waals surface area contributed by atoms with Gasteiger partial charge in [0.2, 0.25) is 0 Å². The first-order chi connectivity index (χ1) is 10.1. The fourth-order valence-corrected chi connectivity index (χ4v) is 2.74. The van der Waals surface area contributed by atoms with Gasteiger partial charge < -0.3 is 24.8 Å². The van der Waals surface area contributed by atoms with Crippen LogP contribution in [-0.4, -0.2) is 52.0 Å². The van der Waals surface area contributed by atoms with Crippen LogP contribution in [0.5, 0.6) is 11.5 Å². The van der Waals surface area contributed by atoms with Gasteiger partial charge in [0, 0.05) is 25.7 Å². The average molecular weight is 294 g/mol. The van der Waals surface area contributed by atoms with E-state index in [0.29, 0.717) is 11.9 Å². The largest absolute Gasteiger partial charge is 0.493 e. The highest BCUT2D eigenvalue weighted by Gasteiger charge is 2.19. The molecule has 0 aliphatic carbocycles. The minimum absolute atomic E-state index is 0.0591. The van der Waals surface area contributed by atoms with Gasteiger partial charge in [0.05, 0.1) is 20.3 Å². The van der Waals surface area contributed by atoms with E-state index in [1.54, 1.807) is 14.2 Å². The summed E-state index contributed by atoms with van der Waals surface area (Å²) in [4.78, 5) is 2.23. The van der Waals surface area contributed by atoms with Crippen molar-refractivity contribution >= 4 is 0 Å². The fourth-order valence-electron chi connectivity index (χ4n) is 2.74. The number of hydrogen-bond donors (Lipinski definition) is 1. The standard InChI is InChI=1S/C16H26N2O3/c1-18(10-13-5-4-8-21-13)11-14(17)12-6-7-15(19-2)16(9-12)20-3/h6-7,9,13-14H,4-5,8,10-11,17H2,1-3H3. The van der Waals surface area contributed by atoms with Crippen LogP contribution >= 0.6 is 0 Å². The van der Waals surface area contributed by atoms with Crippen LogP contribution in [0, 0.1) is 0 Å². The first-order valence-corrected chi connectivity index (χ1v) is 7.41. The Hall–Kier alpha value is -1.30. The Bertz CT molecular complexity index is 447. The van der Waals surface area contributed by atoms with E-state index < -0.39 is 0 Å². The van der Waals surface area contributed by atoms with Crippen molar-refractivity contribution in [3.8, 4) is 11.5 Å². The SMILES string of the molecule is COc1ccc(C(N)CN(C)CC2CCCO2)cc1OC. The summed E-state index contributed by atoms with van der Waals surface area (Å²) < 4.78 is 16.2. The van der Waals surface area contributed by atoms with Crippen LogP contribution in [0.2, 0.25) is 0 Å². The minimum Gasteiger partial charge on any atom is -0.493 e. The molecule has 0 amide bonds. The second kappa shape index (κ2) is 7.64. The molecular formula is C16H26N2O3.